The highest BCUT2D eigenvalue weighted by Gasteiger charge is 2.46. The van der Waals surface area contributed by atoms with Crippen LogP contribution in [0.25, 0.3) is 32.6 Å². The van der Waals surface area contributed by atoms with Crippen molar-refractivity contribution >= 4 is 18.5 Å². The first kappa shape index (κ1) is 40.4. The molecule has 2 fully saturated rings. The maximum atomic E-state index is 2.87. The van der Waals surface area contributed by atoms with Gasteiger partial charge in [0.25, 0.3) is 0 Å². The third-order valence-electron chi connectivity index (χ3n) is 14.8. The summed E-state index contributed by atoms with van der Waals surface area (Å²) >= 11 is 0. The molecule has 0 heterocycles. The van der Waals surface area contributed by atoms with E-state index in [1.54, 1.807) is 22.3 Å². The number of fused-ring (bicyclic) bond motifs is 2. The minimum absolute atomic E-state index is 0.143. The Labute approximate surface area is 348 Å². The molecule has 0 nitrogen and oxygen atoms in total. The molecule has 4 aromatic carbocycles. The lowest BCUT2D eigenvalue weighted by atomic mass is 9.84. The molecule has 0 aromatic heterocycles. The summed E-state index contributed by atoms with van der Waals surface area (Å²) in [5, 5.41) is 3.70. The molecule has 0 saturated heterocycles. The summed E-state index contributed by atoms with van der Waals surface area (Å²) in [5.41, 5.74) is 19.0. The van der Waals surface area contributed by atoms with Crippen LogP contribution in [0.15, 0.2) is 96.1 Å². The summed E-state index contributed by atoms with van der Waals surface area (Å²) in [4.78, 5) is 0. The Balaban J connectivity index is 1.36. The van der Waals surface area contributed by atoms with Crippen LogP contribution in [0.3, 0.4) is 0 Å². The molecule has 0 N–H and O–H groups in total. The van der Waals surface area contributed by atoms with E-state index in [1.165, 1.54) is 123 Å². The van der Waals surface area contributed by atoms with Crippen molar-refractivity contribution in [3.63, 3.8) is 0 Å². The van der Waals surface area contributed by atoms with Crippen LogP contribution in [0.1, 0.15) is 165 Å². The van der Waals surface area contributed by atoms with Crippen LogP contribution < -0.4 is 0 Å². The highest BCUT2D eigenvalue weighted by Crippen LogP contribution is 2.56. The fraction of sp³-hybridized carbons (Fsp3) is 0.500. The van der Waals surface area contributed by atoms with E-state index in [1.807, 2.05) is 21.5 Å². The lowest BCUT2D eigenvalue weighted by Gasteiger charge is -2.37. The van der Waals surface area contributed by atoms with E-state index in [9.17, 15) is 0 Å². The summed E-state index contributed by atoms with van der Waals surface area (Å²) in [6, 6.07) is 35.5. The molecule has 0 amide bonds. The van der Waals surface area contributed by atoms with E-state index in [0.29, 0.717) is 0 Å². The molecule has 1 heteroatoms. The quantitative estimate of drug-likeness (QED) is 0.141. The molecule has 0 spiro atoms. The molecule has 300 valence electrons. The van der Waals surface area contributed by atoms with Crippen LogP contribution >= 0.6 is 0 Å². The third-order valence-corrected chi connectivity index (χ3v) is 19.7. The molecule has 0 atom stereocenters. The Morgan fingerprint density at radius 1 is 0.509 bits per heavy atom. The summed E-state index contributed by atoms with van der Waals surface area (Å²) in [6.07, 6.45) is 20.3. The summed E-state index contributed by atoms with van der Waals surface area (Å²) in [7, 11) is -2.33. The molecule has 0 bridgehead atoms. The van der Waals surface area contributed by atoms with Gasteiger partial charge in [-0.25, -0.2) is 0 Å². The van der Waals surface area contributed by atoms with Gasteiger partial charge in [0.15, 0.2) is 0 Å². The summed E-state index contributed by atoms with van der Waals surface area (Å²) in [6.45, 7) is 19.4. The highest BCUT2D eigenvalue weighted by atomic mass is 28.3. The van der Waals surface area contributed by atoms with Crippen LogP contribution in [0.2, 0.25) is 12.6 Å². The van der Waals surface area contributed by atoms with Crippen molar-refractivity contribution in [3.05, 3.63) is 129 Å². The molecule has 4 aliphatic carbocycles. The van der Waals surface area contributed by atoms with Gasteiger partial charge in [0, 0.05) is 0 Å². The lowest BCUT2D eigenvalue weighted by molar-refractivity contribution is 0.355. The standard InChI is InChI=1S/C56H72Si/c1-9-34-57(8,53-45(35-39-18-12-10-13-19-39)37-43-22-16-24-49(51(43)53)41-26-30-47(31-27-41)55(2,3)4)54-46(36-40-20-14-11-15-21-40)38-44-23-17-25-50(52(44)54)42-28-32-48(33-29-42)56(5,6)7/h16-17,22-33,39-40H,9-15,18-21,34-38H2,1-8H3. The third kappa shape index (κ3) is 8.14. The predicted molar refractivity (Wildman–Crippen MR) is 252 cm³/mol. The van der Waals surface area contributed by atoms with E-state index in [2.05, 4.69) is 140 Å². The zero-order valence-corrected chi connectivity index (χ0v) is 38.1. The number of hydrogen-bond acceptors (Lipinski definition) is 0. The Bertz CT molecular complexity index is 1960. The molecule has 2 saturated carbocycles. The monoisotopic (exact) mass is 773 g/mol. The van der Waals surface area contributed by atoms with Crippen LogP contribution in [0.5, 0.6) is 0 Å². The van der Waals surface area contributed by atoms with E-state index in [-0.39, 0.29) is 10.8 Å². The predicted octanol–water partition coefficient (Wildman–Crippen LogP) is 16.4. The minimum atomic E-state index is -2.33. The normalized spacial score (nSPS) is 18.4. The molecular weight excluding hydrogens is 701 g/mol. The van der Waals surface area contributed by atoms with Gasteiger partial charge in [-0.1, -0.05) is 222 Å². The minimum Gasteiger partial charge on any atom is -0.0656 e. The second-order valence-electron chi connectivity index (χ2n) is 21.1. The zero-order chi connectivity index (χ0) is 40.0. The second-order valence-corrected chi connectivity index (χ2v) is 25.3. The van der Waals surface area contributed by atoms with Crippen molar-refractivity contribution in [3.8, 4) is 22.3 Å². The smallest absolute Gasteiger partial charge is 0.0656 e. The maximum absolute atomic E-state index is 2.87. The van der Waals surface area contributed by atoms with Crippen molar-refractivity contribution in [1.29, 1.82) is 0 Å². The molecule has 57 heavy (non-hydrogen) atoms. The molecule has 8 rings (SSSR count). The van der Waals surface area contributed by atoms with Gasteiger partial charge >= 0.3 is 0 Å². The number of hydrogen-bond donors (Lipinski definition) is 0. The van der Waals surface area contributed by atoms with Gasteiger partial charge in [-0.15, -0.1) is 0 Å². The van der Waals surface area contributed by atoms with Crippen molar-refractivity contribution in [2.45, 2.75) is 168 Å². The van der Waals surface area contributed by atoms with Gasteiger partial charge in [-0.05, 0) is 120 Å². The Morgan fingerprint density at radius 2 is 0.895 bits per heavy atom. The van der Waals surface area contributed by atoms with E-state index in [4.69, 9.17) is 0 Å². The van der Waals surface area contributed by atoms with Gasteiger partial charge in [0.05, 0.1) is 0 Å². The van der Waals surface area contributed by atoms with E-state index >= 15 is 0 Å². The molecule has 0 radical (unpaired) electrons. The average Bonchev–Trinajstić information content (AvgIpc) is 3.77. The van der Waals surface area contributed by atoms with Crippen molar-refractivity contribution in [1.82, 2.24) is 0 Å². The lowest BCUT2D eigenvalue weighted by Crippen LogP contribution is -2.36. The zero-order valence-electron chi connectivity index (χ0n) is 37.1. The van der Waals surface area contributed by atoms with E-state index < -0.39 is 8.07 Å². The summed E-state index contributed by atoms with van der Waals surface area (Å²) < 4.78 is 0. The topological polar surface area (TPSA) is 0 Å². The number of allylic oxidation sites excluding steroid dienone is 2. The first-order valence-corrected chi connectivity index (χ1v) is 26.0. The second kappa shape index (κ2) is 16.3. The fourth-order valence-corrected chi connectivity index (χ4v) is 17.3. The SMILES string of the molecule is CCC[Si](C)(C1=C(CC2CCCCC2)Cc2cccc(-c3ccc(C(C)(C)C)cc3)c21)C1=C(CC2CCCCC2)Cc2cccc(-c3ccc(C(C)(C)C)cc3)c21. The largest absolute Gasteiger partial charge is 0.116 e. The first-order chi connectivity index (χ1) is 27.3. The Kier molecular flexibility index (Phi) is 11.6. The fourth-order valence-electron chi connectivity index (χ4n) is 11.9. The number of benzene rings is 4. The molecule has 4 aromatic rings. The van der Waals surface area contributed by atoms with Crippen molar-refractivity contribution in [2.24, 2.45) is 11.8 Å². The summed E-state index contributed by atoms with van der Waals surface area (Å²) in [5.74, 6) is 1.66. The van der Waals surface area contributed by atoms with Gasteiger partial charge in [0.1, 0.15) is 8.07 Å². The van der Waals surface area contributed by atoms with Gasteiger partial charge in [-0.2, -0.15) is 0 Å². The van der Waals surface area contributed by atoms with Crippen LogP contribution in [0, 0.1) is 11.8 Å². The Hall–Kier alpha value is -3.42. The molecular formula is C56H72Si. The molecule has 0 unspecified atom stereocenters. The van der Waals surface area contributed by atoms with Crippen LogP contribution in [-0.4, -0.2) is 8.07 Å². The highest BCUT2D eigenvalue weighted by molar-refractivity contribution is 7.10. The van der Waals surface area contributed by atoms with Crippen molar-refractivity contribution < 1.29 is 0 Å². The van der Waals surface area contributed by atoms with Gasteiger partial charge in [0.2, 0.25) is 0 Å². The van der Waals surface area contributed by atoms with E-state index in [0.717, 1.165) is 24.7 Å². The van der Waals surface area contributed by atoms with Crippen molar-refractivity contribution in [2.75, 3.05) is 0 Å². The van der Waals surface area contributed by atoms with Crippen LogP contribution in [-0.2, 0) is 23.7 Å². The molecule has 4 aliphatic rings. The van der Waals surface area contributed by atoms with Gasteiger partial charge in [-0.3, -0.25) is 0 Å². The first-order valence-electron chi connectivity index (χ1n) is 23.3. The number of rotatable bonds is 10. The maximum Gasteiger partial charge on any atom is 0.116 e. The van der Waals surface area contributed by atoms with Crippen LogP contribution in [0.4, 0.5) is 0 Å². The average molecular weight is 773 g/mol. The molecule has 0 aliphatic heterocycles. The Morgan fingerprint density at radius 3 is 1.25 bits per heavy atom. The van der Waals surface area contributed by atoms with Gasteiger partial charge < -0.3 is 0 Å².